The predicted octanol–water partition coefficient (Wildman–Crippen LogP) is 6.97. The van der Waals surface area contributed by atoms with Crippen molar-refractivity contribution in [3.05, 3.63) is 67.0 Å². The summed E-state index contributed by atoms with van der Waals surface area (Å²) < 4.78 is 22.4. The van der Waals surface area contributed by atoms with Crippen molar-refractivity contribution >= 4 is 59.8 Å². The highest BCUT2D eigenvalue weighted by Crippen LogP contribution is 2.47. The van der Waals surface area contributed by atoms with Crippen molar-refractivity contribution in [2.75, 3.05) is 53.2 Å². The van der Waals surface area contributed by atoms with Gasteiger partial charge in [-0.05, 0) is 47.5 Å². The van der Waals surface area contributed by atoms with E-state index in [1.807, 2.05) is 50.5 Å². The summed E-state index contributed by atoms with van der Waals surface area (Å²) in [5, 5.41) is 0.633. The van der Waals surface area contributed by atoms with Crippen LogP contribution in [0.1, 0.15) is 0 Å². The van der Waals surface area contributed by atoms with Crippen molar-refractivity contribution in [2.45, 2.75) is 0 Å². The second-order valence-corrected chi connectivity index (χ2v) is 9.25. The fourth-order valence-electron chi connectivity index (χ4n) is 4.80. The average molecular weight is 647 g/mol. The smallest absolute Gasteiger partial charge is 0.165 e. The van der Waals surface area contributed by atoms with Crippen LogP contribution < -0.4 is 29.6 Å². The molecule has 2 N–H and O–H groups in total. The van der Waals surface area contributed by atoms with Crippen LogP contribution in [-0.4, -0.2) is 57.5 Å². The van der Waals surface area contributed by atoms with Crippen LogP contribution in [0.5, 0.6) is 23.0 Å². The molecule has 0 aliphatic carbocycles. The Kier molecular flexibility index (Phi) is 12.1. The van der Waals surface area contributed by atoms with Crippen LogP contribution in [0.4, 0.5) is 11.5 Å². The second-order valence-electron chi connectivity index (χ2n) is 9.25. The molecule has 0 atom stereocenters. The van der Waals surface area contributed by atoms with E-state index in [2.05, 4.69) is 39.1 Å². The number of aromatic nitrogens is 3. The molecule has 0 saturated heterocycles. The summed E-state index contributed by atoms with van der Waals surface area (Å²) in [6.45, 7) is 0. The monoisotopic (exact) mass is 645 g/mol. The Morgan fingerprint density at radius 2 is 1.09 bits per heavy atom. The van der Waals surface area contributed by atoms with Crippen LogP contribution in [-0.2, 0) is 0 Å². The van der Waals surface area contributed by atoms with Crippen molar-refractivity contribution in [3.63, 3.8) is 0 Å². The summed E-state index contributed by atoms with van der Waals surface area (Å²) in [5.41, 5.74) is 13.0. The van der Waals surface area contributed by atoms with E-state index in [9.17, 15) is 0 Å². The summed E-state index contributed by atoms with van der Waals surface area (Å²) in [7, 11) is 10.5. The van der Waals surface area contributed by atoms with Gasteiger partial charge >= 0.3 is 0 Å². The Hall–Kier alpha value is -4.18. The molecule has 5 rings (SSSR count). The quantitative estimate of drug-likeness (QED) is 0.191. The molecule has 0 radical (unpaired) electrons. The molecule has 228 valence electrons. The number of hydrogen-bond acceptors (Lipinski definition) is 9. The fraction of sp³-hybridized carbons (Fsp3) is 0.194. The van der Waals surface area contributed by atoms with Gasteiger partial charge in [-0.1, -0.05) is 24.3 Å². The van der Waals surface area contributed by atoms with Crippen molar-refractivity contribution in [3.8, 4) is 56.5 Å². The molecule has 0 unspecified atom stereocenters. The number of fused-ring (bicyclic) bond motifs is 1. The molecule has 0 aliphatic heterocycles. The van der Waals surface area contributed by atoms with Crippen molar-refractivity contribution < 1.29 is 18.9 Å². The number of halogens is 3. The van der Waals surface area contributed by atoms with Gasteiger partial charge in [0, 0.05) is 36.5 Å². The number of methoxy groups -OCH3 is 4. The van der Waals surface area contributed by atoms with Gasteiger partial charge in [-0.15, -0.1) is 37.2 Å². The van der Waals surface area contributed by atoms with E-state index in [0.29, 0.717) is 39.8 Å². The van der Waals surface area contributed by atoms with Crippen LogP contribution in [0.3, 0.4) is 0 Å². The maximum absolute atomic E-state index is 6.51. The average Bonchev–Trinajstić information content (AvgIpc) is 2.99. The van der Waals surface area contributed by atoms with Crippen LogP contribution in [0.25, 0.3) is 44.5 Å². The third-order valence-electron chi connectivity index (χ3n) is 6.81. The molecular formula is C31H34Cl3N5O4. The summed E-state index contributed by atoms with van der Waals surface area (Å²) in [6.07, 6.45) is 1.43. The minimum atomic E-state index is 0. The molecule has 0 spiro atoms. The highest BCUT2D eigenvalue weighted by Gasteiger charge is 2.24. The third kappa shape index (κ3) is 6.59. The van der Waals surface area contributed by atoms with Crippen molar-refractivity contribution in [1.29, 1.82) is 0 Å². The zero-order valence-electron chi connectivity index (χ0n) is 24.6. The number of benzene rings is 3. The molecule has 9 nitrogen and oxygen atoms in total. The molecule has 0 amide bonds. The molecular weight excluding hydrogens is 613 g/mol. The number of hydrogen-bond donors (Lipinski definition) is 1. The minimum absolute atomic E-state index is 0. The van der Waals surface area contributed by atoms with Gasteiger partial charge in [0.05, 0.1) is 39.5 Å². The van der Waals surface area contributed by atoms with E-state index in [1.54, 1.807) is 28.4 Å². The first-order chi connectivity index (χ1) is 19.4. The van der Waals surface area contributed by atoms with Gasteiger partial charge in [0.15, 0.2) is 28.6 Å². The summed E-state index contributed by atoms with van der Waals surface area (Å²) in [4.78, 5) is 15.9. The summed E-state index contributed by atoms with van der Waals surface area (Å²) in [5.74, 6) is 2.71. The molecule has 2 aromatic heterocycles. The minimum Gasteiger partial charge on any atom is -0.493 e. The molecule has 0 aliphatic rings. The van der Waals surface area contributed by atoms with E-state index in [-0.39, 0.29) is 37.2 Å². The van der Waals surface area contributed by atoms with Crippen LogP contribution in [0.15, 0.2) is 67.0 Å². The first-order valence-electron chi connectivity index (χ1n) is 12.6. The molecule has 0 fully saturated rings. The van der Waals surface area contributed by atoms with Crippen LogP contribution in [0.2, 0.25) is 0 Å². The first-order valence-corrected chi connectivity index (χ1v) is 12.6. The number of nitrogens with zero attached hydrogens (tertiary/aromatic N) is 4. The Morgan fingerprint density at radius 1 is 0.605 bits per heavy atom. The van der Waals surface area contributed by atoms with E-state index < -0.39 is 0 Å². The lowest BCUT2D eigenvalue weighted by Gasteiger charge is -2.20. The molecule has 2 heterocycles. The van der Waals surface area contributed by atoms with E-state index in [1.165, 1.54) is 6.33 Å². The lowest BCUT2D eigenvalue weighted by atomic mass is 9.88. The van der Waals surface area contributed by atoms with E-state index >= 15 is 0 Å². The summed E-state index contributed by atoms with van der Waals surface area (Å²) in [6, 6.07) is 19.8. The van der Waals surface area contributed by atoms with Gasteiger partial charge in [-0.25, -0.2) is 15.0 Å². The number of rotatable bonds is 8. The van der Waals surface area contributed by atoms with Gasteiger partial charge in [0.1, 0.15) is 12.1 Å². The largest absolute Gasteiger partial charge is 0.493 e. The summed E-state index contributed by atoms with van der Waals surface area (Å²) >= 11 is 0. The molecule has 5 aromatic rings. The molecule has 43 heavy (non-hydrogen) atoms. The number of ether oxygens (including phenoxy) is 4. The maximum atomic E-state index is 6.51. The van der Waals surface area contributed by atoms with Gasteiger partial charge < -0.3 is 29.6 Å². The van der Waals surface area contributed by atoms with Gasteiger partial charge in [-0.3, -0.25) is 0 Å². The second kappa shape index (κ2) is 14.8. The SMILES string of the molecule is COc1ccc(-c2c(-c3ccc(N(C)C)cc3)nc3ncnc(N)c3c2-c2ccc(OC)c(OC)c2)cc1OC.Cl.Cl.Cl. The first kappa shape index (κ1) is 35.0. The number of nitrogens with two attached hydrogens (primary N) is 1. The van der Waals surface area contributed by atoms with E-state index in [4.69, 9.17) is 29.7 Å². The zero-order chi connectivity index (χ0) is 28.4. The van der Waals surface area contributed by atoms with Gasteiger partial charge in [0.25, 0.3) is 0 Å². The van der Waals surface area contributed by atoms with Crippen LogP contribution in [0, 0.1) is 0 Å². The molecule has 12 heteroatoms. The Morgan fingerprint density at radius 3 is 1.58 bits per heavy atom. The molecule has 0 saturated carbocycles. The van der Waals surface area contributed by atoms with E-state index in [0.717, 1.165) is 39.2 Å². The van der Waals surface area contributed by atoms with Crippen LogP contribution >= 0.6 is 37.2 Å². The Labute approximate surface area is 269 Å². The highest BCUT2D eigenvalue weighted by molar-refractivity contribution is 6.10. The highest BCUT2D eigenvalue weighted by atomic mass is 35.5. The molecule has 0 bridgehead atoms. The lowest BCUT2D eigenvalue weighted by Crippen LogP contribution is -2.08. The van der Waals surface area contributed by atoms with Gasteiger partial charge in [-0.2, -0.15) is 0 Å². The lowest BCUT2D eigenvalue weighted by molar-refractivity contribution is 0.355. The standard InChI is InChI=1S/C31H31N5O4.3ClH/c1-36(2)21-11-7-18(8-12-21)29-27(20-10-14-23(38-4)25(16-20)40-6)26(28-30(32)33-17-34-31(28)35-29)19-9-13-22(37-3)24(15-19)39-5;;;/h7-17H,1-6H3,(H2,32,33,34,35);3*1H. The van der Waals surface area contributed by atoms with Crippen molar-refractivity contribution in [2.24, 2.45) is 0 Å². The number of pyridine rings is 1. The zero-order valence-corrected chi connectivity index (χ0v) is 27.0. The van der Waals surface area contributed by atoms with Gasteiger partial charge in [0.2, 0.25) is 0 Å². The van der Waals surface area contributed by atoms with Crippen molar-refractivity contribution in [1.82, 2.24) is 15.0 Å². The Balaban J connectivity index is 0.00000215. The topological polar surface area (TPSA) is 105 Å². The Bertz CT molecular complexity index is 1700. The number of anilines is 2. The number of nitrogen functional groups attached to an aromatic ring is 1. The fourth-order valence-corrected chi connectivity index (χ4v) is 4.80. The maximum Gasteiger partial charge on any atom is 0.165 e. The predicted molar refractivity (Wildman–Crippen MR) is 180 cm³/mol. The molecule has 3 aromatic carbocycles. The third-order valence-corrected chi connectivity index (χ3v) is 6.81. The normalized spacial score (nSPS) is 10.1.